The van der Waals surface area contributed by atoms with E-state index in [0.29, 0.717) is 6.61 Å². The second-order valence-corrected chi connectivity index (χ2v) is 2.71. The molecule has 0 radical (unpaired) electrons. The minimum Gasteiger partial charge on any atom is -0.479 e. The van der Waals surface area contributed by atoms with Gasteiger partial charge in [0.05, 0.1) is 6.61 Å². The molecular formula is C8H11Cl2NO3. The minimum absolute atomic E-state index is 0. The maximum Gasteiger partial charge on any atom is 0.218 e. The Labute approximate surface area is 92.7 Å². The van der Waals surface area contributed by atoms with Crippen molar-refractivity contribution < 1.29 is 14.3 Å². The van der Waals surface area contributed by atoms with Crippen LogP contribution in [0.3, 0.4) is 0 Å². The maximum atomic E-state index is 9.43. The number of nitrogens with one attached hydrogen (secondary N) is 1. The van der Waals surface area contributed by atoms with Gasteiger partial charge in [-0.2, -0.15) is 0 Å². The molecule has 1 atom stereocenters. The Morgan fingerprint density at radius 3 is 2.79 bits per heavy atom. The van der Waals surface area contributed by atoms with Crippen LogP contribution in [-0.2, 0) is 4.74 Å². The van der Waals surface area contributed by atoms with E-state index in [1.807, 2.05) is 0 Å². The SMILES string of the molecule is CCOC(=N)C(O)c1ccc(Cl)o1.Cl. The van der Waals surface area contributed by atoms with Crippen LogP contribution in [0, 0.1) is 5.41 Å². The summed E-state index contributed by atoms with van der Waals surface area (Å²) in [5, 5.41) is 16.9. The molecule has 80 valence electrons. The number of hydrogen-bond acceptors (Lipinski definition) is 4. The van der Waals surface area contributed by atoms with Gasteiger partial charge in [-0.25, -0.2) is 0 Å². The Hall–Kier alpha value is -0.710. The third-order valence-electron chi connectivity index (χ3n) is 1.41. The van der Waals surface area contributed by atoms with Gasteiger partial charge in [-0.15, -0.1) is 12.4 Å². The Kier molecular flexibility index (Phi) is 5.60. The quantitative estimate of drug-likeness (QED) is 0.629. The van der Waals surface area contributed by atoms with E-state index < -0.39 is 6.10 Å². The second-order valence-electron chi connectivity index (χ2n) is 2.34. The predicted molar refractivity (Wildman–Crippen MR) is 55.3 cm³/mol. The zero-order chi connectivity index (χ0) is 9.84. The van der Waals surface area contributed by atoms with Crippen LogP contribution in [0.4, 0.5) is 0 Å². The molecule has 0 aliphatic rings. The summed E-state index contributed by atoms with van der Waals surface area (Å²) in [6, 6.07) is 3.00. The third kappa shape index (κ3) is 3.21. The number of ether oxygens (including phenoxy) is 1. The van der Waals surface area contributed by atoms with E-state index in [1.165, 1.54) is 12.1 Å². The lowest BCUT2D eigenvalue weighted by Gasteiger charge is -2.08. The molecule has 2 N–H and O–H groups in total. The smallest absolute Gasteiger partial charge is 0.218 e. The highest BCUT2D eigenvalue weighted by Gasteiger charge is 2.18. The molecule has 0 bridgehead atoms. The molecule has 0 spiro atoms. The van der Waals surface area contributed by atoms with E-state index in [9.17, 15) is 5.11 Å². The number of rotatable bonds is 3. The van der Waals surface area contributed by atoms with Crippen molar-refractivity contribution in [2.45, 2.75) is 13.0 Å². The summed E-state index contributed by atoms with van der Waals surface area (Å²) in [7, 11) is 0. The zero-order valence-corrected chi connectivity index (χ0v) is 9.06. The van der Waals surface area contributed by atoms with Crippen molar-refractivity contribution in [3.05, 3.63) is 23.1 Å². The van der Waals surface area contributed by atoms with Gasteiger partial charge in [0.2, 0.25) is 5.90 Å². The number of hydrogen-bond donors (Lipinski definition) is 2. The molecule has 0 aliphatic heterocycles. The number of aliphatic hydroxyl groups is 1. The Balaban J connectivity index is 0.00000169. The molecule has 14 heavy (non-hydrogen) atoms. The monoisotopic (exact) mass is 239 g/mol. The Morgan fingerprint density at radius 1 is 1.71 bits per heavy atom. The van der Waals surface area contributed by atoms with Gasteiger partial charge in [-0.3, -0.25) is 5.41 Å². The van der Waals surface area contributed by atoms with Crippen LogP contribution in [0.15, 0.2) is 16.5 Å². The molecule has 1 rings (SSSR count). The molecule has 0 fully saturated rings. The first-order valence-corrected chi connectivity index (χ1v) is 4.17. The van der Waals surface area contributed by atoms with E-state index in [4.69, 9.17) is 26.2 Å². The minimum atomic E-state index is -1.17. The van der Waals surface area contributed by atoms with E-state index in [-0.39, 0.29) is 29.3 Å². The Bertz CT molecular complexity index is 301. The van der Waals surface area contributed by atoms with Crippen molar-refractivity contribution >= 4 is 29.9 Å². The van der Waals surface area contributed by atoms with Crippen molar-refractivity contribution in [3.8, 4) is 0 Å². The first kappa shape index (κ1) is 13.3. The fourth-order valence-electron chi connectivity index (χ4n) is 0.839. The molecule has 0 aliphatic carbocycles. The molecule has 0 amide bonds. The van der Waals surface area contributed by atoms with E-state index in [1.54, 1.807) is 6.92 Å². The summed E-state index contributed by atoms with van der Waals surface area (Å²) in [5.74, 6) is -0.0306. The normalized spacial score (nSPS) is 11.6. The number of furan rings is 1. The van der Waals surface area contributed by atoms with Crippen molar-refractivity contribution in [3.63, 3.8) is 0 Å². The summed E-state index contributed by atoms with van der Waals surface area (Å²) in [6.45, 7) is 2.07. The van der Waals surface area contributed by atoms with Crippen LogP contribution in [0.25, 0.3) is 0 Å². The predicted octanol–water partition coefficient (Wildman–Crippen LogP) is 2.40. The first-order valence-electron chi connectivity index (χ1n) is 3.79. The van der Waals surface area contributed by atoms with Crippen LogP contribution >= 0.6 is 24.0 Å². The average Bonchev–Trinajstić information content (AvgIpc) is 2.51. The second kappa shape index (κ2) is 5.90. The highest BCUT2D eigenvalue weighted by molar-refractivity contribution is 6.28. The lowest BCUT2D eigenvalue weighted by atomic mass is 10.3. The molecular weight excluding hydrogens is 229 g/mol. The summed E-state index contributed by atoms with van der Waals surface area (Å²) in [6.07, 6.45) is -1.17. The number of aliphatic hydroxyl groups excluding tert-OH is 1. The van der Waals surface area contributed by atoms with Gasteiger partial charge >= 0.3 is 0 Å². The van der Waals surface area contributed by atoms with Crippen molar-refractivity contribution in [2.75, 3.05) is 6.61 Å². The van der Waals surface area contributed by atoms with Crippen molar-refractivity contribution in [1.29, 1.82) is 5.41 Å². The molecule has 1 heterocycles. The molecule has 1 aromatic heterocycles. The topological polar surface area (TPSA) is 66.5 Å². The van der Waals surface area contributed by atoms with E-state index >= 15 is 0 Å². The highest BCUT2D eigenvalue weighted by atomic mass is 35.5. The van der Waals surface area contributed by atoms with Gasteiger partial charge in [0.25, 0.3) is 0 Å². The molecule has 1 unspecified atom stereocenters. The maximum absolute atomic E-state index is 9.43. The lowest BCUT2D eigenvalue weighted by Crippen LogP contribution is -2.13. The van der Waals surface area contributed by atoms with Crippen LogP contribution in [0.5, 0.6) is 0 Å². The third-order valence-corrected chi connectivity index (χ3v) is 1.61. The van der Waals surface area contributed by atoms with E-state index in [0.717, 1.165) is 0 Å². The Morgan fingerprint density at radius 2 is 2.36 bits per heavy atom. The van der Waals surface area contributed by atoms with Gasteiger partial charge < -0.3 is 14.3 Å². The summed E-state index contributed by atoms with van der Waals surface area (Å²) in [4.78, 5) is 0. The highest BCUT2D eigenvalue weighted by Crippen LogP contribution is 2.20. The lowest BCUT2D eigenvalue weighted by molar-refractivity contribution is 0.169. The molecule has 4 nitrogen and oxygen atoms in total. The first-order chi connectivity index (χ1) is 6.15. The molecule has 0 saturated heterocycles. The molecule has 0 aromatic carbocycles. The largest absolute Gasteiger partial charge is 0.479 e. The molecule has 1 aromatic rings. The fraction of sp³-hybridized carbons (Fsp3) is 0.375. The van der Waals surface area contributed by atoms with Crippen molar-refractivity contribution in [2.24, 2.45) is 0 Å². The van der Waals surface area contributed by atoms with Crippen LogP contribution in [0.2, 0.25) is 5.22 Å². The number of halogens is 2. The van der Waals surface area contributed by atoms with Gasteiger partial charge in [-0.05, 0) is 30.7 Å². The van der Waals surface area contributed by atoms with Crippen LogP contribution < -0.4 is 0 Å². The van der Waals surface area contributed by atoms with Crippen LogP contribution in [-0.4, -0.2) is 17.6 Å². The fourth-order valence-corrected chi connectivity index (χ4v) is 0.991. The molecule has 6 heteroatoms. The van der Waals surface area contributed by atoms with Gasteiger partial charge in [0.1, 0.15) is 5.76 Å². The van der Waals surface area contributed by atoms with Crippen molar-refractivity contribution in [1.82, 2.24) is 0 Å². The van der Waals surface area contributed by atoms with Crippen LogP contribution in [0.1, 0.15) is 18.8 Å². The van der Waals surface area contributed by atoms with Gasteiger partial charge in [-0.1, -0.05) is 0 Å². The average molecular weight is 240 g/mol. The standard InChI is InChI=1S/C8H10ClNO3.ClH/c1-2-12-8(10)7(11)5-3-4-6(9)13-5;/h3-4,7,10-11H,2H2,1H3;1H. The van der Waals surface area contributed by atoms with Gasteiger partial charge in [0.15, 0.2) is 11.3 Å². The zero-order valence-electron chi connectivity index (χ0n) is 7.49. The summed E-state index contributed by atoms with van der Waals surface area (Å²) >= 11 is 5.50. The van der Waals surface area contributed by atoms with Gasteiger partial charge in [0, 0.05) is 0 Å². The van der Waals surface area contributed by atoms with E-state index in [2.05, 4.69) is 0 Å². The summed E-state index contributed by atoms with van der Waals surface area (Å²) < 4.78 is 9.70. The summed E-state index contributed by atoms with van der Waals surface area (Å²) in [5.41, 5.74) is 0. The molecule has 0 saturated carbocycles.